The largest absolute Gasteiger partial charge is 0.480 e. The van der Waals surface area contributed by atoms with Gasteiger partial charge in [0.05, 0.1) is 6.42 Å². The van der Waals surface area contributed by atoms with Crippen molar-refractivity contribution in [2.24, 2.45) is 0 Å². The van der Waals surface area contributed by atoms with Gasteiger partial charge in [-0.3, -0.25) is 14.4 Å². The molecule has 3 rings (SSSR count). The molecule has 2 aliphatic rings. The zero-order chi connectivity index (χ0) is 21.7. The number of ether oxygens (including phenoxy) is 2. The first-order valence-corrected chi connectivity index (χ1v) is 10.9. The van der Waals surface area contributed by atoms with Gasteiger partial charge in [0.15, 0.2) is 6.10 Å². The number of nitrogens with one attached hydrogen (secondary N) is 1. The molecule has 0 radical (unpaired) electrons. The molecule has 1 heterocycles. The van der Waals surface area contributed by atoms with Crippen molar-refractivity contribution < 1.29 is 23.9 Å². The Morgan fingerprint density at radius 1 is 1.17 bits per heavy atom. The van der Waals surface area contributed by atoms with Crippen molar-refractivity contribution in [1.82, 2.24) is 10.2 Å². The summed E-state index contributed by atoms with van der Waals surface area (Å²) in [5.74, 6) is -0.379. The molecule has 164 valence electrons. The molecule has 0 aromatic heterocycles. The summed E-state index contributed by atoms with van der Waals surface area (Å²) >= 11 is 0. The molecule has 7 heteroatoms. The highest BCUT2D eigenvalue weighted by Crippen LogP contribution is 2.25. The number of benzene rings is 1. The predicted octanol–water partition coefficient (Wildman–Crippen LogP) is 2.66. The predicted molar refractivity (Wildman–Crippen MR) is 112 cm³/mol. The van der Waals surface area contributed by atoms with Crippen LogP contribution in [0.5, 0.6) is 5.75 Å². The maximum Gasteiger partial charge on any atom is 0.308 e. The van der Waals surface area contributed by atoms with Gasteiger partial charge in [0.1, 0.15) is 17.9 Å². The van der Waals surface area contributed by atoms with Gasteiger partial charge in [-0.15, -0.1) is 0 Å². The minimum atomic E-state index is -0.869. The number of esters is 1. The highest BCUT2D eigenvalue weighted by atomic mass is 16.5. The second-order valence-electron chi connectivity index (χ2n) is 8.27. The van der Waals surface area contributed by atoms with Crippen LogP contribution in [0.3, 0.4) is 0 Å². The minimum Gasteiger partial charge on any atom is -0.480 e. The number of para-hydroxylation sites is 1. The lowest BCUT2D eigenvalue weighted by Crippen LogP contribution is -2.60. The summed E-state index contributed by atoms with van der Waals surface area (Å²) in [6.07, 6.45) is 4.03. The molecule has 1 saturated heterocycles. The van der Waals surface area contributed by atoms with Crippen molar-refractivity contribution in [1.29, 1.82) is 0 Å². The Kier molecular flexibility index (Phi) is 7.34. The van der Waals surface area contributed by atoms with Gasteiger partial charge in [0, 0.05) is 13.1 Å². The topological polar surface area (TPSA) is 84.9 Å². The van der Waals surface area contributed by atoms with Crippen molar-refractivity contribution in [3.63, 3.8) is 0 Å². The first kappa shape index (κ1) is 22.1. The fraction of sp³-hybridized carbons (Fsp3) is 0.609. The van der Waals surface area contributed by atoms with Crippen LogP contribution in [0.15, 0.2) is 18.2 Å². The summed E-state index contributed by atoms with van der Waals surface area (Å²) in [4.78, 5) is 39.5. The van der Waals surface area contributed by atoms with Crippen LogP contribution in [-0.2, 0) is 19.1 Å². The number of nitrogens with zero attached hydrogens (tertiary/aromatic N) is 1. The zero-order valence-electron chi connectivity index (χ0n) is 18.1. The molecule has 2 atom stereocenters. The van der Waals surface area contributed by atoms with Crippen LogP contribution in [0.1, 0.15) is 56.6 Å². The summed E-state index contributed by atoms with van der Waals surface area (Å²) in [6, 6.07) is 4.93. The molecule has 0 spiro atoms. The number of piperazine rings is 1. The average molecular weight is 417 g/mol. The standard InChI is InChI=1S/C23H32N2O5/c1-15-8-7-9-16(2)21(15)29-17(3)23(28)25-13-12-24-22(27)19(25)14-20(26)30-18-10-5-4-6-11-18/h7-9,17-19H,4-6,10-14H2,1-3H3,(H,24,27). The molecule has 2 fully saturated rings. The monoisotopic (exact) mass is 416 g/mol. The zero-order valence-corrected chi connectivity index (χ0v) is 18.1. The van der Waals surface area contributed by atoms with Crippen molar-refractivity contribution >= 4 is 17.8 Å². The van der Waals surface area contributed by atoms with E-state index in [1.165, 1.54) is 11.3 Å². The lowest BCUT2D eigenvalue weighted by atomic mass is 9.98. The fourth-order valence-corrected chi connectivity index (χ4v) is 4.20. The third-order valence-corrected chi connectivity index (χ3v) is 5.88. The molecule has 1 saturated carbocycles. The lowest BCUT2D eigenvalue weighted by molar-refractivity contribution is -0.157. The van der Waals surface area contributed by atoms with E-state index in [1.54, 1.807) is 6.92 Å². The van der Waals surface area contributed by atoms with E-state index < -0.39 is 18.1 Å². The van der Waals surface area contributed by atoms with Crippen molar-refractivity contribution in [3.05, 3.63) is 29.3 Å². The quantitative estimate of drug-likeness (QED) is 0.721. The molecule has 2 unspecified atom stereocenters. The molecule has 1 aromatic rings. The van der Waals surface area contributed by atoms with Crippen LogP contribution in [0.25, 0.3) is 0 Å². The van der Waals surface area contributed by atoms with E-state index in [2.05, 4.69) is 5.32 Å². The van der Waals surface area contributed by atoms with Crippen LogP contribution < -0.4 is 10.1 Å². The van der Waals surface area contributed by atoms with Crippen molar-refractivity contribution in [2.75, 3.05) is 13.1 Å². The number of rotatable bonds is 6. The van der Waals surface area contributed by atoms with Crippen LogP contribution in [0, 0.1) is 13.8 Å². The normalized spacial score (nSPS) is 21.0. The number of hydrogen-bond acceptors (Lipinski definition) is 5. The van der Waals surface area contributed by atoms with E-state index in [4.69, 9.17) is 9.47 Å². The summed E-state index contributed by atoms with van der Waals surface area (Å²) in [5, 5.41) is 2.75. The van der Waals surface area contributed by atoms with Gasteiger partial charge in [0.25, 0.3) is 5.91 Å². The van der Waals surface area contributed by atoms with Crippen molar-refractivity contribution in [2.45, 2.75) is 77.5 Å². The van der Waals surface area contributed by atoms with E-state index in [0.29, 0.717) is 18.8 Å². The van der Waals surface area contributed by atoms with E-state index >= 15 is 0 Å². The number of aryl methyl sites for hydroxylation is 2. The van der Waals surface area contributed by atoms with E-state index in [9.17, 15) is 14.4 Å². The second kappa shape index (κ2) is 9.96. The van der Waals surface area contributed by atoms with Crippen LogP contribution in [0.2, 0.25) is 0 Å². The third kappa shape index (κ3) is 5.32. The summed E-state index contributed by atoms with van der Waals surface area (Å²) < 4.78 is 11.5. The van der Waals surface area contributed by atoms with Crippen LogP contribution in [0.4, 0.5) is 0 Å². The number of carbonyl (C=O) groups excluding carboxylic acids is 3. The van der Waals surface area contributed by atoms with Gasteiger partial charge in [0.2, 0.25) is 5.91 Å². The van der Waals surface area contributed by atoms with E-state index in [0.717, 1.165) is 36.8 Å². The number of carbonyl (C=O) groups is 3. The lowest BCUT2D eigenvalue weighted by Gasteiger charge is -2.36. The molecule has 30 heavy (non-hydrogen) atoms. The fourth-order valence-electron chi connectivity index (χ4n) is 4.20. The number of hydrogen-bond donors (Lipinski definition) is 1. The van der Waals surface area contributed by atoms with Crippen LogP contribution >= 0.6 is 0 Å². The summed E-state index contributed by atoms with van der Waals surface area (Å²) in [7, 11) is 0. The smallest absolute Gasteiger partial charge is 0.308 e. The Bertz CT molecular complexity index is 768. The second-order valence-corrected chi connectivity index (χ2v) is 8.27. The molecule has 2 amide bonds. The first-order valence-electron chi connectivity index (χ1n) is 10.9. The molecule has 1 aromatic carbocycles. The summed E-state index contributed by atoms with van der Waals surface area (Å²) in [5.41, 5.74) is 1.89. The van der Waals surface area contributed by atoms with Gasteiger partial charge in [-0.2, -0.15) is 0 Å². The molecular formula is C23H32N2O5. The molecular weight excluding hydrogens is 384 g/mol. The molecule has 0 bridgehead atoms. The minimum absolute atomic E-state index is 0.0756. The Morgan fingerprint density at radius 3 is 2.50 bits per heavy atom. The van der Waals surface area contributed by atoms with E-state index in [1.807, 2.05) is 32.0 Å². The van der Waals surface area contributed by atoms with Crippen molar-refractivity contribution in [3.8, 4) is 5.75 Å². The summed E-state index contributed by atoms with van der Waals surface area (Å²) in [6.45, 7) is 6.23. The number of amides is 2. The van der Waals surface area contributed by atoms with Gasteiger partial charge in [-0.25, -0.2) is 0 Å². The Hall–Kier alpha value is -2.57. The SMILES string of the molecule is Cc1cccc(C)c1OC(C)C(=O)N1CCNC(=O)C1CC(=O)OC1CCCCC1. The molecule has 1 aliphatic carbocycles. The Balaban J connectivity index is 1.66. The third-order valence-electron chi connectivity index (χ3n) is 5.88. The maximum atomic E-state index is 13.1. The first-order chi connectivity index (χ1) is 14.4. The van der Waals surface area contributed by atoms with Crippen LogP contribution in [-0.4, -0.2) is 54.0 Å². The Morgan fingerprint density at radius 2 is 1.83 bits per heavy atom. The van der Waals surface area contributed by atoms with Gasteiger partial charge in [-0.1, -0.05) is 24.6 Å². The maximum absolute atomic E-state index is 13.1. The average Bonchev–Trinajstić information content (AvgIpc) is 2.72. The highest BCUT2D eigenvalue weighted by Gasteiger charge is 2.38. The molecule has 1 aliphatic heterocycles. The van der Waals surface area contributed by atoms with Gasteiger partial charge in [-0.05, 0) is 57.6 Å². The molecule has 1 N–H and O–H groups in total. The van der Waals surface area contributed by atoms with Gasteiger partial charge < -0.3 is 19.7 Å². The van der Waals surface area contributed by atoms with Gasteiger partial charge >= 0.3 is 5.97 Å². The Labute approximate surface area is 178 Å². The van der Waals surface area contributed by atoms with E-state index in [-0.39, 0.29) is 24.3 Å². The highest BCUT2D eigenvalue weighted by molar-refractivity contribution is 5.93. The molecule has 7 nitrogen and oxygen atoms in total.